The molecule has 2 aromatic rings. The summed E-state index contributed by atoms with van der Waals surface area (Å²) >= 11 is 0. The topological polar surface area (TPSA) is 69.6 Å². The summed E-state index contributed by atoms with van der Waals surface area (Å²) in [6, 6.07) is 0. The fraction of sp³-hybridized carbons (Fsp3) is 0.333. The van der Waals surface area contributed by atoms with Crippen molar-refractivity contribution in [1.82, 2.24) is 25.1 Å². The highest BCUT2D eigenvalue weighted by Crippen LogP contribution is 2.01. The van der Waals surface area contributed by atoms with Crippen LogP contribution in [0.5, 0.6) is 0 Å². The van der Waals surface area contributed by atoms with Crippen molar-refractivity contribution in [3.05, 3.63) is 24.0 Å². The van der Waals surface area contributed by atoms with E-state index in [1.165, 1.54) is 6.33 Å². The van der Waals surface area contributed by atoms with Crippen molar-refractivity contribution in [3.8, 4) is 0 Å². The van der Waals surface area contributed by atoms with Crippen LogP contribution in [0.15, 0.2) is 17.3 Å². The molecule has 2 aromatic heterocycles. The molecule has 0 aromatic carbocycles. The molecule has 0 saturated carbocycles. The summed E-state index contributed by atoms with van der Waals surface area (Å²) < 4.78 is 6.19. The summed E-state index contributed by atoms with van der Waals surface area (Å²) in [6.07, 6.45) is 3.09. The Kier molecular flexibility index (Phi) is 1.58. The van der Waals surface area contributed by atoms with E-state index < -0.39 is 0 Å². The molecule has 2 rings (SSSR count). The standard InChI is InChI=1S/C6H7N5O/c1-5-6(10-12-9-5)2-11-4-7-3-8-11/h3-4H,2H2,1H3. The summed E-state index contributed by atoms with van der Waals surface area (Å²) in [5.74, 6) is 0. The van der Waals surface area contributed by atoms with Gasteiger partial charge in [-0.25, -0.2) is 14.3 Å². The van der Waals surface area contributed by atoms with Crippen LogP contribution in [0.25, 0.3) is 0 Å². The third-order valence-electron chi connectivity index (χ3n) is 1.52. The highest BCUT2D eigenvalue weighted by molar-refractivity contribution is 5.04. The molecule has 0 saturated heterocycles. The summed E-state index contributed by atoms with van der Waals surface area (Å²) in [6.45, 7) is 2.39. The normalized spacial score (nSPS) is 10.4. The molecule has 62 valence electrons. The molecule has 0 atom stereocenters. The van der Waals surface area contributed by atoms with Crippen LogP contribution in [0.3, 0.4) is 0 Å². The molecule has 0 aliphatic rings. The minimum Gasteiger partial charge on any atom is -0.247 e. The highest BCUT2D eigenvalue weighted by atomic mass is 16.6. The largest absolute Gasteiger partial charge is 0.247 e. The lowest BCUT2D eigenvalue weighted by atomic mass is 10.3. The third kappa shape index (κ3) is 1.18. The summed E-state index contributed by atoms with van der Waals surface area (Å²) in [5.41, 5.74) is 1.56. The lowest BCUT2D eigenvalue weighted by molar-refractivity contribution is 0.300. The maximum atomic E-state index is 4.53. The van der Waals surface area contributed by atoms with Gasteiger partial charge in [-0.3, -0.25) is 0 Å². The smallest absolute Gasteiger partial charge is 0.137 e. The van der Waals surface area contributed by atoms with Gasteiger partial charge in [0.25, 0.3) is 0 Å². The molecule has 6 heteroatoms. The first-order chi connectivity index (χ1) is 5.86. The van der Waals surface area contributed by atoms with Crippen molar-refractivity contribution in [2.24, 2.45) is 0 Å². The first kappa shape index (κ1) is 6.96. The predicted octanol–water partition coefficient (Wildman–Crippen LogP) is 0.0178. The second kappa shape index (κ2) is 2.72. The van der Waals surface area contributed by atoms with Gasteiger partial charge in [-0.15, -0.1) is 0 Å². The van der Waals surface area contributed by atoms with E-state index in [0.717, 1.165) is 11.4 Å². The van der Waals surface area contributed by atoms with Crippen LogP contribution >= 0.6 is 0 Å². The van der Waals surface area contributed by atoms with Gasteiger partial charge in [0.1, 0.15) is 24.0 Å². The zero-order chi connectivity index (χ0) is 8.39. The van der Waals surface area contributed by atoms with E-state index in [0.29, 0.717) is 6.54 Å². The Balaban J connectivity index is 2.20. The van der Waals surface area contributed by atoms with Crippen LogP contribution in [0.4, 0.5) is 0 Å². The van der Waals surface area contributed by atoms with Crippen LogP contribution < -0.4 is 0 Å². The van der Waals surface area contributed by atoms with Crippen molar-refractivity contribution >= 4 is 0 Å². The Bertz CT molecular complexity index is 352. The maximum absolute atomic E-state index is 4.53. The Morgan fingerprint density at radius 2 is 2.42 bits per heavy atom. The van der Waals surface area contributed by atoms with Gasteiger partial charge in [-0.2, -0.15) is 5.10 Å². The van der Waals surface area contributed by atoms with Gasteiger partial charge < -0.3 is 0 Å². The molecular weight excluding hydrogens is 158 g/mol. The molecule has 0 aliphatic heterocycles. The zero-order valence-corrected chi connectivity index (χ0v) is 6.51. The van der Waals surface area contributed by atoms with E-state index in [-0.39, 0.29) is 0 Å². The first-order valence-corrected chi connectivity index (χ1v) is 3.46. The van der Waals surface area contributed by atoms with Crippen LogP contribution in [-0.2, 0) is 6.54 Å². The Morgan fingerprint density at radius 1 is 1.50 bits per heavy atom. The van der Waals surface area contributed by atoms with Gasteiger partial charge >= 0.3 is 0 Å². The fourth-order valence-corrected chi connectivity index (χ4v) is 0.861. The van der Waals surface area contributed by atoms with Crippen molar-refractivity contribution in [2.45, 2.75) is 13.5 Å². The molecule has 0 aliphatic carbocycles. The fourth-order valence-electron chi connectivity index (χ4n) is 0.861. The van der Waals surface area contributed by atoms with Crippen LogP contribution in [0.1, 0.15) is 11.4 Å². The molecule has 0 N–H and O–H groups in total. The molecule has 0 spiro atoms. The van der Waals surface area contributed by atoms with Crippen molar-refractivity contribution in [2.75, 3.05) is 0 Å². The molecule has 12 heavy (non-hydrogen) atoms. The van der Waals surface area contributed by atoms with Crippen molar-refractivity contribution in [3.63, 3.8) is 0 Å². The van der Waals surface area contributed by atoms with E-state index in [2.05, 4.69) is 25.0 Å². The molecule has 0 amide bonds. The van der Waals surface area contributed by atoms with E-state index in [1.54, 1.807) is 11.0 Å². The molecule has 2 heterocycles. The molecule has 6 nitrogen and oxygen atoms in total. The van der Waals surface area contributed by atoms with E-state index >= 15 is 0 Å². The number of aromatic nitrogens is 5. The minimum absolute atomic E-state index is 0.551. The number of hydrogen-bond donors (Lipinski definition) is 0. The molecule has 0 bridgehead atoms. The first-order valence-electron chi connectivity index (χ1n) is 3.46. The minimum atomic E-state index is 0.551. The van der Waals surface area contributed by atoms with Gasteiger partial charge in [-0.1, -0.05) is 10.3 Å². The maximum Gasteiger partial charge on any atom is 0.137 e. The SMILES string of the molecule is Cc1nonc1Cn1cncn1. The van der Waals surface area contributed by atoms with Gasteiger partial charge in [0.2, 0.25) is 0 Å². The number of nitrogens with zero attached hydrogens (tertiary/aromatic N) is 5. The lowest BCUT2D eigenvalue weighted by Crippen LogP contribution is -2.01. The van der Waals surface area contributed by atoms with Crippen molar-refractivity contribution < 1.29 is 4.63 Å². The van der Waals surface area contributed by atoms with Crippen LogP contribution in [0.2, 0.25) is 0 Å². The van der Waals surface area contributed by atoms with Gasteiger partial charge in [-0.05, 0) is 6.92 Å². The Morgan fingerprint density at radius 3 is 3.00 bits per heavy atom. The summed E-state index contributed by atoms with van der Waals surface area (Å²) in [4.78, 5) is 3.81. The molecular formula is C6H7N5O. The van der Waals surface area contributed by atoms with E-state index in [9.17, 15) is 0 Å². The quantitative estimate of drug-likeness (QED) is 0.627. The molecule has 0 radical (unpaired) electrons. The molecule has 0 unspecified atom stereocenters. The zero-order valence-electron chi connectivity index (χ0n) is 6.51. The lowest BCUT2D eigenvalue weighted by Gasteiger charge is -1.93. The monoisotopic (exact) mass is 165 g/mol. The highest BCUT2D eigenvalue weighted by Gasteiger charge is 2.05. The van der Waals surface area contributed by atoms with E-state index in [1.807, 2.05) is 6.92 Å². The average Bonchev–Trinajstić information content (AvgIpc) is 2.65. The number of hydrogen-bond acceptors (Lipinski definition) is 5. The van der Waals surface area contributed by atoms with Crippen LogP contribution in [0, 0.1) is 6.92 Å². The second-order valence-corrected chi connectivity index (χ2v) is 2.39. The summed E-state index contributed by atoms with van der Waals surface area (Å²) in [7, 11) is 0. The van der Waals surface area contributed by atoms with Gasteiger partial charge in [0, 0.05) is 0 Å². The summed E-state index contributed by atoms with van der Waals surface area (Å²) in [5, 5.41) is 11.3. The predicted molar refractivity (Wildman–Crippen MR) is 38.2 cm³/mol. The van der Waals surface area contributed by atoms with E-state index in [4.69, 9.17) is 0 Å². The van der Waals surface area contributed by atoms with Crippen molar-refractivity contribution in [1.29, 1.82) is 0 Å². The Hall–Kier alpha value is -1.72. The Labute approximate surface area is 68.2 Å². The number of rotatable bonds is 2. The van der Waals surface area contributed by atoms with Gasteiger partial charge in [0.15, 0.2) is 0 Å². The molecule has 0 fully saturated rings. The van der Waals surface area contributed by atoms with Crippen LogP contribution in [-0.4, -0.2) is 25.1 Å². The van der Waals surface area contributed by atoms with Gasteiger partial charge in [0.05, 0.1) is 6.54 Å². The average molecular weight is 165 g/mol. The number of aryl methyl sites for hydroxylation is 1. The third-order valence-corrected chi connectivity index (χ3v) is 1.52. The second-order valence-electron chi connectivity index (χ2n) is 2.39.